The van der Waals surface area contributed by atoms with E-state index in [1.54, 1.807) is 17.1 Å². The molecule has 0 amide bonds. The summed E-state index contributed by atoms with van der Waals surface area (Å²) in [6.07, 6.45) is 5.04. The molecule has 0 aliphatic heterocycles. The first-order valence-corrected chi connectivity index (χ1v) is 9.76. The summed E-state index contributed by atoms with van der Waals surface area (Å²) in [4.78, 5) is 24.7. The van der Waals surface area contributed by atoms with Crippen LogP contribution < -0.4 is 0 Å². The third kappa shape index (κ3) is 2.86. The predicted octanol–water partition coefficient (Wildman–Crippen LogP) is 4.27. The van der Waals surface area contributed by atoms with Gasteiger partial charge in [-0.2, -0.15) is 5.10 Å². The lowest BCUT2D eigenvalue weighted by Crippen LogP contribution is -2.02. The average Bonchev–Trinajstić information content (AvgIpc) is 3.37. The van der Waals surface area contributed by atoms with Gasteiger partial charge in [-0.3, -0.25) is 4.79 Å². The van der Waals surface area contributed by atoms with E-state index in [0.29, 0.717) is 11.3 Å². The smallest absolute Gasteiger partial charge is 0.175 e. The van der Waals surface area contributed by atoms with E-state index in [4.69, 9.17) is 0 Å². The second-order valence-electron chi connectivity index (χ2n) is 6.27. The maximum Gasteiger partial charge on any atom is 0.175 e. The van der Waals surface area contributed by atoms with Gasteiger partial charge in [0.15, 0.2) is 11.4 Å². The van der Waals surface area contributed by atoms with Gasteiger partial charge in [0.2, 0.25) is 0 Å². The van der Waals surface area contributed by atoms with Crippen LogP contribution in [0.5, 0.6) is 0 Å². The van der Waals surface area contributed by atoms with E-state index >= 15 is 0 Å². The topological polar surface area (TPSA) is 76.5 Å². The highest BCUT2D eigenvalue weighted by atomic mass is 32.2. The molecule has 0 saturated carbocycles. The highest BCUT2D eigenvalue weighted by Gasteiger charge is 2.15. The molecule has 0 fully saturated rings. The van der Waals surface area contributed by atoms with Gasteiger partial charge in [-0.1, -0.05) is 48.2 Å². The molecule has 3 heterocycles. The third-order valence-corrected chi connectivity index (χ3v) is 5.56. The number of thioether (sulfide) groups is 1. The van der Waals surface area contributed by atoms with E-state index < -0.39 is 0 Å². The van der Waals surface area contributed by atoms with Crippen LogP contribution in [0.15, 0.2) is 78.3 Å². The Morgan fingerprint density at radius 1 is 1.00 bits per heavy atom. The minimum absolute atomic E-state index is 0.0599. The number of benzene rings is 2. The number of carbonyl (C=O) groups is 1. The molecule has 2 aromatic carbocycles. The highest BCUT2D eigenvalue weighted by molar-refractivity contribution is 8.00. The molecule has 28 heavy (non-hydrogen) atoms. The minimum atomic E-state index is 0.0599. The Morgan fingerprint density at radius 3 is 2.71 bits per heavy atom. The van der Waals surface area contributed by atoms with Gasteiger partial charge in [0.05, 0.1) is 23.0 Å². The SMILES string of the molecule is O=C(CSc1ncnc2c1cnn2-c1ccccc1)c1c[nH]c2ccccc12. The zero-order valence-electron chi connectivity index (χ0n) is 14.7. The zero-order valence-corrected chi connectivity index (χ0v) is 15.6. The van der Waals surface area contributed by atoms with E-state index in [1.807, 2.05) is 54.6 Å². The molecular weight excluding hydrogens is 370 g/mol. The largest absolute Gasteiger partial charge is 0.360 e. The van der Waals surface area contributed by atoms with Crippen LogP contribution in [-0.4, -0.2) is 36.3 Å². The molecule has 7 heteroatoms. The molecule has 136 valence electrons. The van der Waals surface area contributed by atoms with Crippen LogP contribution in [0.3, 0.4) is 0 Å². The molecule has 0 bridgehead atoms. The Morgan fingerprint density at radius 2 is 1.82 bits per heavy atom. The standard InChI is InChI=1S/C21H15N5OS/c27-19(16-10-22-18-9-5-4-8-15(16)18)12-28-21-17-11-25-26(20(17)23-13-24-21)14-6-2-1-3-7-14/h1-11,13,22H,12H2. The second kappa shape index (κ2) is 6.94. The van der Waals surface area contributed by atoms with E-state index in [9.17, 15) is 4.79 Å². The van der Waals surface area contributed by atoms with Crippen molar-refractivity contribution in [3.8, 4) is 5.69 Å². The number of aromatic amines is 1. The van der Waals surface area contributed by atoms with Crippen molar-refractivity contribution < 1.29 is 4.79 Å². The first-order valence-electron chi connectivity index (χ1n) is 8.77. The molecule has 3 aromatic heterocycles. The number of rotatable bonds is 5. The van der Waals surface area contributed by atoms with Crippen LogP contribution in [0.2, 0.25) is 0 Å². The monoisotopic (exact) mass is 385 g/mol. The molecule has 0 radical (unpaired) electrons. The van der Waals surface area contributed by atoms with Crippen LogP contribution in [0.1, 0.15) is 10.4 Å². The second-order valence-corrected chi connectivity index (χ2v) is 7.23. The molecule has 0 aliphatic carbocycles. The van der Waals surface area contributed by atoms with E-state index in [-0.39, 0.29) is 5.78 Å². The Kier molecular flexibility index (Phi) is 4.14. The van der Waals surface area contributed by atoms with Crippen LogP contribution in [0.4, 0.5) is 0 Å². The number of nitrogens with one attached hydrogen (secondary N) is 1. The summed E-state index contributed by atoms with van der Waals surface area (Å²) in [5.41, 5.74) is 3.32. The number of nitrogens with zero attached hydrogens (tertiary/aromatic N) is 4. The van der Waals surface area contributed by atoms with Gasteiger partial charge in [-0.05, 0) is 18.2 Å². The Hall–Kier alpha value is -3.45. The van der Waals surface area contributed by atoms with E-state index in [0.717, 1.165) is 32.6 Å². The summed E-state index contributed by atoms with van der Waals surface area (Å²) in [6, 6.07) is 17.6. The van der Waals surface area contributed by atoms with Gasteiger partial charge in [-0.25, -0.2) is 14.6 Å². The van der Waals surface area contributed by atoms with Gasteiger partial charge in [-0.15, -0.1) is 0 Å². The number of hydrogen-bond acceptors (Lipinski definition) is 5. The van der Waals surface area contributed by atoms with Crippen LogP contribution in [0, 0.1) is 0 Å². The number of fused-ring (bicyclic) bond motifs is 2. The van der Waals surface area contributed by atoms with Gasteiger partial charge in [0.25, 0.3) is 0 Å². The maximum atomic E-state index is 12.8. The van der Waals surface area contributed by atoms with Gasteiger partial charge in [0.1, 0.15) is 11.4 Å². The molecular formula is C21H15N5OS. The quantitative estimate of drug-likeness (QED) is 0.278. The van der Waals surface area contributed by atoms with E-state index in [2.05, 4.69) is 20.1 Å². The van der Waals surface area contributed by atoms with Crippen molar-refractivity contribution in [3.63, 3.8) is 0 Å². The summed E-state index contributed by atoms with van der Waals surface area (Å²) in [5, 5.41) is 6.98. The van der Waals surface area contributed by atoms with Crippen molar-refractivity contribution in [1.82, 2.24) is 24.7 Å². The molecule has 0 spiro atoms. The van der Waals surface area contributed by atoms with E-state index in [1.165, 1.54) is 18.1 Å². The van der Waals surface area contributed by atoms with Crippen LogP contribution in [-0.2, 0) is 0 Å². The Bertz CT molecular complexity index is 1290. The van der Waals surface area contributed by atoms with Crippen LogP contribution in [0.25, 0.3) is 27.6 Å². The summed E-state index contributed by atoms with van der Waals surface area (Å²) < 4.78 is 1.78. The summed E-state index contributed by atoms with van der Waals surface area (Å²) in [5.74, 6) is 0.356. The zero-order chi connectivity index (χ0) is 18.9. The Balaban J connectivity index is 1.43. The molecule has 0 aliphatic rings. The fourth-order valence-electron chi connectivity index (χ4n) is 3.21. The summed E-state index contributed by atoms with van der Waals surface area (Å²) in [6.45, 7) is 0. The van der Waals surface area contributed by atoms with Crippen molar-refractivity contribution in [3.05, 3.63) is 78.9 Å². The predicted molar refractivity (Wildman–Crippen MR) is 110 cm³/mol. The molecule has 5 aromatic rings. The van der Waals surface area contributed by atoms with Crippen molar-refractivity contribution in [2.24, 2.45) is 0 Å². The van der Waals surface area contributed by atoms with Crippen molar-refractivity contribution in [2.45, 2.75) is 5.03 Å². The lowest BCUT2D eigenvalue weighted by Gasteiger charge is -2.04. The highest BCUT2D eigenvalue weighted by Crippen LogP contribution is 2.27. The van der Waals surface area contributed by atoms with Crippen molar-refractivity contribution >= 4 is 39.5 Å². The molecule has 6 nitrogen and oxygen atoms in total. The first kappa shape index (κ1) is 16.7. The normalized spacial score (nSPS) is 11.3. The molecule has 0 unspecified atom stereocenters. The molecule has 0 atom stereocenters. The first-order chi connectivity index (χ1) is 13.8. The maximum absolute atomic E-state index is 12.8. The van der Waals surface area contributed by atoms with Gasteiger partial charge < -0.3 is 4.98 Å². The van der Waals surface area contributed by atoms with Crippen molar-refractivity contribution in [1.29, 1.82) is 0 Å². The van der Waals surface area contributed by atoms with Gasteiger partial charge in [0, 0.05) is 22.7 Å². The molecule has 0 saturated heterocycles. The molecule has 1 N–H and O–H groups in total. The summed E-state index contributed by atoms with van der Waals surface area (Å²) >= 11 is 1.41. The number of ketones is 1. The number of Topliss-reactive ketones (excluding diaryl/α,β-unsaturated/α-hetero) is 1. The third-order valence-electron chi connectivity index (χ3n) is 4.56. The van der Waals surface area contributed by atoms with Crippen LogP contribution >= 0.6 is 11.8 Å². The Labute approximate surface area is 164 Å². The number of para-hydroxylation sites is 2. The lowest BCUT2D eigenvalue weighted by molar-refractivity contribution is 0.102. The fraction of sp³-hybridized carbons (Fsp3) is 0.0476. The average molecular weight is 385 g/mol. The lowest BCUT2D eigenvalue weighted by atomic mass is 10.1. The van der Waals surface area contributed by atoms with Crippen molar-refractivity contribution in [2.75, 3.05) is 5.75 Å². The number of H-pyrrole nitrogens is 1. The number of carbonyl (C=O) groups excluding carboxylic acids is 1. The minimum Gasteiger partial charge on any atom is -0.360 e. The fourth-order valence-corrected chi connectivity index (χ4v) is 4.05. The number of hydrogen-bond donors (Lipinski definition) is 1. The van der Waals surface area contributed by atoms with Gasteiger partial charge >= 0.3 is 0 Å². The molecule has 5 rings (SSSR count). The summed E-state index contributed by atoms with van der Waals surface area (Å²) in [7, 11) is 0. The number of aromatic nitrogens is 5.